The molecule has 0 saturated heterocycles. The van der Waals surface area contributed by atoms with Gasteiger partial charge >= 0.3 is 0 Å². The highest BCUT2D eigenvalue weighted by Gasteiger charge is 2.23. The number of hydrogen-bond acceptors (Lipinski definition) is 1. The molecule has 1 aliphatic rings. The second kappa shape index (κ2) is 6.83. The predicted octanol–water partition coefficient (Wildman–Crippen LogP) is 5.30. The first-order chi connectivity index (χ1) is 9.65. The van der Waals surface area contributed by atoms with Crippen molar-refractivity contribution >= 4 is 0 Å². The quantitative estimate of drug-likeness (QED) is 0.732. The Morgan fingerprint density at radius 3 is 2.25 bits per heavy atom. The molecular weight excluding hydrogens is 256 g/mol. The summed E-state index contributed by atoms with van der Waals surface area (Å²) in [6.45, 7) is 2.20. The van der Waals surface area contributed by atoms with E-state index < -0.39 is 17.2 Å². The number of rotatable bonds is 4. The van der Waals surface area contributed by atoms with Gasteiger partial charge in [-0.1, -0.05) is 26.2 Å². The third kappa shape index (κ3) is 3.36. The Morgan fingerprint density at radius 2 is 1.75 bits per heavy atom. The smallest absolute Gasteiger partial charge is 0.144 e. The van der Waals surface area contributed by atoms with Gasteiger partial charge in [0, 0.05) is 0 Å². The lowest BCUT2D eigenvalue weighted by Gasteiger charge is -2.29. The molecule has 0 bridgehead atoms. The average molecular weight is 277 g/mol. The molecule has 0 aromatic heterocycles. The van der Waals surface area contributed by atoms with Crippen LogP contribution in [0, 0.1) is 28.9 Å². The van der Waals surface area contributed by atoms with Gasteiger partial charge in [-0.3, -0.25) is 0 Å². The third-order valence-electron chi connectivity index (χ3n) is 4.46. The largest absolute Gasteiger partial charge is 0.205 e. The lowest BCUT2D eigenvalue weighted by Crippen LogP contribution is -2.14. The van der Waals surface area contributed by atoms with Gasteiger partial charge in [-0.15, -0.1) is 0 Å². The first-order valence-corrected chi connectivity index (χ1v) is 7.54. The second-order valence-electron chi connectivity index (χ2n) is 5.83. The Morgan fingerprint density at radius 1 is 1.15 bits per heavy atom. The van der Waals surface area contributed by atoms with Gasteiger partial charge in [-0.05, 0) is 55.2 Å². The summed E-state index contributed by atoms with van der Waals surface area (Å²) in [5.41, 5.74) is 0.248. The highest BCUT2D eigenvalue weighted by Crippen LogP contribution is 2.38. The summed E-state index contributed by atoms with van der Waals surface area (Å²) in [4.78, 5) is 0. The highest BCUT2D eigenvalue weighted by atomic mass is 19.1. The van der Waals surface area contributed by atoms with E-state index in [1.807, 2.05) is 0 Å². The highest BCUT2D eigenvalue weighted by molar-refractivity contribution is 5.36. The average Bonchev–Trinajstić information content (AvgIpc) is 2.45. The van der Waals surface area contributed by atoms with Crippen molar-refractivity contribution in [2.45, 2.75) is 57.8 Å². The molecule has 1 aliphatic carbocycles. The zero-order valence-electron chi connectivity index (χ0n) is 12.0. The van der Waals surface area contributed by atoms with Crippen LogP contribution in [0.4, 0.5) is 8.78 Å². The third-order valence-corrected chi connectivity index (χ3v) is 4.46. The molecule has 1 aromatic carbocycles. The first kappa shape index (κ1) is 15.0. The van der Waals surface area contributed by atoms with Crippen molar-refractivity contribution in [2.24, 2.45) is 5.92 Å². The van der Waals surface area contributed by atoms with E-state index in [1.165, 1.54) is 31.4 Å². The monoisotopic (exact) mass is 277 g/mol. The minimum Gasteiger partial charge on any atom is -0.205 e. The van der Waals surface area contributed by atoms with E-state index in [-0.39, 0.29) is 5.92 Å². The predicted molar refractivity (Wildman–Crippen MR) is 75.3 cm³/mol. The summed E-state index contributed by atoms with van der Waals surface area (Å²) in [5.74, 6) is -0.435. The van der Waals surface area contributed by atoms with Gasteiger partial charge in [0.25, 0.3) is 0 Å². The number of nitrogens with zero attached hydrogens (tertiary/aromatic N) is 1. The summed E-state index contributed by atoms with van der Waals surface area (Å²) in [7, 11) is 0. The van der Waals surface area contributed by atoms with Crippen LogP contribution >= 0.6 is 0 Å². The van der Waals surface area contributed by atoms with Crippen molar-refractivity contribution in [3.8, 4) is 6.07 Å². The zero-order chi connectivity index (χ0) is 14.5. The number of nitriles is 1. The molecule has 1 aromatic rings. The zero-order valence-corrected chi connectivity index (χ0v) is 12.0. The fourth-order valence-corrected chi connectivity index (χ4v) is 3.21. The van der Waals surface area contributed by atoms with Gasteiger partial charge in [0.05, 0.1) is 0 Å². The molecule has 1 saturated carbocycles. The molecule has 108 valence electrons. The number of hydrogen-bond donors (Lipinski definition) is 0. The maximum atomic E-state index is 13.6. The summed E-state index contributed by atoms with van der Waals surface area (Å²) < 4.78 is 27.3. The van der Waals surface area contributed by atoms with Crippen LogP contribution in [0.3, 0.4) is 0 Å². The molecule has 0 spiro atoms. The Bertz CT molecular complexity index is 473. The van der Waals surface area contributed by atoms with Crippen molar-refractivity contribution < 1.29 is 8.78 Å². The number of benzene rings is 1. The molecule has 1 fully saturated rings. The molecule has 0 N–H and O–H groups in total. The van der Waals surface area contributed by atoms with Crippen LogP contribution in [-0.2, 0) is 0 Å². The van der Waals surface area contributed by atoms with Gasteiger partial charge in [-0.2, -0.15) is 5.26 Å². The van der Waals surface area contributed by atoms with E-state index in [0.717, 1.165) is 31.6 Å². The van der Waals surface area contributed by atoms with Gasteiger partial charge < -0.3 is 0 Å². The van der Waals surface area contributed by atoms with Crippen molar-refractivity contribution in [1.29, 1.82) is 5.26 Å². The second-order valence-corrected chi connectivity index (χ2v) is 5.83. The van der Waals surface area contributed by atoms with Crippen molar-refractivity contribution in [3.05, 3.63) is 34.9 Å². The lowest BCUT2D eigenvalue weighted by atomic mass is 9.77. The standard InChI is InChI=1S/C17H21F2N/c1-2-3-4-12-5-7-13(8-6-12)14-9-16(18)15(11-20)17(19)10-14/h9-10,12-13H,2-8H2,1H3/t12-,13-. The maximum Gasteiger partial charge on any atom is 0.144 e. The summed E-state index contributed by atoms with van der Waals surface area (Å²) in [6.07, 6.45) is 8.07. The molecule has 0 radical (unpaired) electrons. The molecule has 1 nitrogen and oxygen atoms in total. The number of halogens is 2. The van der Waals surface area contributed by atoms with Gasteiger partial charge in [0.15, 0.2) is 0 Å². The fourth-order valence-electron chi connectivity index (χ4n) is 3.21. The van der Waals surface area contributed by atoms with Gasteiger partial charge in [0.1, 0.15) is 23.3 Å². The molecule has 0 atom stereocenters. The van der Waals surface area contributed by atoms with Crippen LogP contribution in [0.1, 0.15) is 68.9 Å². The van der Waals surface area contributed by atoms with Crippen LogP contribution in [-0.4, -0.2) is 0 Å². The number of unbranched alkanes of at least 4 members (excludes halogenated alkanes) is 1. The molecule has 3 heteroatoms. The summed E-state index contributed by atoms with van der Waals surface area (Å²) >= 11 is 0. The minimum absolute atomic E-state index is 0.240. The molecule has 0 aliphatic heterocycles. The summed E-state index contributed by atoms with van der Waals surface area (Å²) in [5, 5.41) is 8.69. The maximum absolute atomic E-state index is 13.6. The van der Waals surface area contributed by atoms with Gasteiger partial charge in [-0.25, -0.2) is 8.78 Å². The molecule has 20 heavy (non-hydrogen) atoms. The molecule has 0 heterocycles. The summed E-state index contributed by atoms with van der Waals surface area (Å²) in [6, 6.07) is 4.27. The van der Waals surface area contributed by atoms with Crippen LogP contribution in [0.2, 0.25) is 0 Å². The fraction of sp³-hybridized carbons (Fsp3) is 0.588. The van der Waals surface area contributed by atoms with Crippen LogP contribution < -0.4 is 0 Å². The van der Waals surface area contributed by atoms with E-state index in [1.54, 1.807) is 6.07 Å². The van der Waals surface area contributed by atoms with E-state index in [2.05, 4.69) is 6.92 Å². The van der Waals surface area contributed by atoms with Crippen LogP contribution in [0.5, 0.6) is 0 Å². The van der Waals surface area contributed by atoms with E-state index in [9.17, 15) is 8.78 Å². The Balaban J connectivity index is 2.02. The first-order valence-electron chi connectivity index (χ1n) is 7.54. The Hall–Kier alpha value is -1.43. The van der Waals surface area contributed by atoms with Crippen molar-refractivity contribution in [2.75, 3.05) is 0 Å². The van der Waals surface area contributed by atoms with E-state index in [0.29, 0.717) is 5.56 Å². The van der Waals surface area contributed by atoms with Crippen LogP contribution in [0.15, 0.2) is 12.1 Å². The SMILES string of the molecule is CCCC[C@H]1CC[C@H](c2cc(F)c(C#N)c(F)c2)CC1. The minimum atomic E-state index is -0.726. The molecular formula is C17H21F2N. The van der Waals surface area contributed by atoms with E-state index >= 15 is 0 Å². The topological polar surface area (TPSA) is 23.8 Å². The van der Waals surface area contributed by atoms with E-state index in [4.69, 9.17) is 5.26 Å². The van der Waals surface area contributed by atoms with Crippen molar-refractivity contribution in [1.82, 2.24) is 0 Å². The molecule has 0 amide bonds. The van der Waals surface area contributed by atoms with Crippen LogP contribution in [0.25, 0.3) is 0 Å². The normalized spacial score (nSPS) is 22.5. The molecule has 2 rings (SSSR count). The molecule has 0 unspecified atom stereocenters. The Labute approximate surface area is 119 Å². The van der Waals surface area contributed by atoms with Crippen molar-refractivity contribution in [3.63, 3.8) is 0 Å². The Kier molecular flexibility index (Phi) is 5.11. The lowest BCUT2D eigenvalue weighted by molar-refractivity contribution is 0.303. The van der Waals surface area contributed by atoms with Gasteiger partial charge in [0.2, 0.25) is 0 Å².